The van der Waals surface area contributed by atoms with Crippen molar-refractivity contribution in [3.8, 4) is 0 Å². The third kappa shape index (κ3) is 5.54. The third-order valence-electron chi connectivity index (χ3n) is 4.93. The average molecular weight is 362 g/mol. The van der Waals surface area contributed by atoms with E-state index in [1.807, 2.05) is 32.0 Å². The molecule has 1 aliphatic heterocycles. The van der Waals surface area contributed by atoms with Crippen LogP contribution in [0.3, 0.4) is 0 Å². The fraction of sp³-hybridized carbons (Fsp3) is 0.600. The van der Waals surface area contributed by atoms with Crippen molar-refractivity contribution in [1.29, 1.82) is 0 Å². The number of esters is 1. The highest BCUT2D eigenvalue weighted by Crippen LogP contribution is 2.14. The number of benzene rings is 1. The highest BCUT2D eigenvalue weighted by Gasteiger charge is 2.23. The molecule has 0 bridgehead atoms. The minimum atomic E-state index is -0.361. The van der Waals surface area contributed by atoms with Crippen LogP contribution in [0.25, 0.3) is 0 Å². The number of carbonyl (C=O) groups excluding carboxylic acids is 2. The molecule has 0 N–H and O–H groups in total. The maximum atomic E-state index is 13.1. The Morgan fingerprint density at radius 2 is 1.92 bits per heavy atom. The number of hydrogen-bond acceptors (Lipinski definition) is 5. The highest BCUT2D eigenvalue weighted by atomic mass is 16.5. The number of methoxy groups -OCH3 is 1. The van der Waals surface area contributed by atoms with Gasteiger partial charge in [-0.05, 0) is 37.1 Å². The van der Waals surface area contributed by atoms with Crippen molar-refractivity contribution in [2.45, 2.75) is 20.8 Å². The lowest BCUT2D eigenvalue weighted by atomic mass is 10.0. The molecular weight excluding hydrogens is 332 g/mol. The molecule has 1 aromatic carbocycles. The van der Waals surface area contributed by atoms with Gasteiger partial charge in [0.2, 0.25) is 0 Å². The summed E-state index contributed by atoms with van der Waals surface area (Å²) in [5, 5.41) is 0. The predicted octanol–water partition coefficient (Wildman–Crippen LogP) is 1.89. The molecule has 0 aliphatic carbocycles. The standard InChI is InChI=1S/C20H30N2O4/c1-15-5-6-18(13-16(15)2)19(23)22(14-17(3)20(24)25-4)8-7-21-9-11-26-12-10-21/h5-6,13,17H,7-12,14H2,1-4H3. The van der Waals surface area contributed by atoms with E-state index in [1.54, 1.807) is 11.8 Å². The molecule has 0 radical (unpaired) electrons. The Kier molecular flexibility index (Phi) is 7.60. The summed E-state index contributed by atoms with van der Waals surface area (Å²) in [5.41, 5.74) is 2.90. The summed E-state index contributed by atoms with van der Waals surface area (Å²) in [7, 11) is 1.38. The van der Waals surface area contributed by atoms with E-state index in [9.17, 15) is 9.59 Å². The Balaban J connectivity index is 2.10. The molecule has 1 amide bonds. The number of rotatable bonds is 7. The second-order valence-electron chi connectivity index (χ2n) is 6.93. The van der Waals surface area contributed by atoms with Gasteiger partial charge in [0.1, 0.15) is 0 Å². The predicted molar refractivity (Wildman–Crippen MR) is 100 cm³/mol. The van der Waals surface area contributed by atoms with Gasteiger partial charge in [-0.1, -0.05) is 13.0 Å². The SMILES string of the molecule is COC(=O)C(C)CN(CCN1CCOCC1)C(=O)c1ccc(C)c(C)c1. The van der Waals surface area contributed by atoms with Crippen LogP contribution in [0.4, 0.5) is 0 Å². The number of aryl methyl sites for hydroxylation is 2. The molecule has 1 fully saturated rings. The molecule has 0 aromatic heterocycles. The summed E-state index contributed by atoms with van der Waals surface area (Å²) in [6, 6.07) is 5.74. The van der Waals surface area contributed by atoms with Crippen LogP contribution >= 0.6 is 0 Å². The number of hydrogen-bond donors (Lipinski definition) is 0. The Morgan fingerprint density at radius 1 is 1.23 bits per heavy atom. The molecule has 0 spiro atoms. The molecule has 144 valence electrons. The first-order chi connectivity index (χ1) is 12.4. The van der Waals surface area contributed by atoms with Gasteiger partial charge in [0.15, 0.2) is 0 Å². The Morgan fingerprint density at radius 3 is 2.54 bits per heavy atom. The third-order valence-corrected chi connectivity index (χ3v) is 4.93. The Labute approximate surface area is 156 Å². The molecule has 6 nitrogen and oxygen atoms in total. The van der Waals surface area contributed by atoms with Crippen LogP contribution in [-0.2, 0) is 14.3 Å². The molecule has 1 unspecified atom stereocenters. The summed E-state index contributed by atoms with van der Waals surface area (Å²) in [6.45, 7) is 10.7. The van der Waals surface area contributed by atoms with E-state index < -0.39 is 0 Å². The quantitative estimate of drug-likeness (QED) is 0.693. The molecule has 1 heterocycles. The zero-order valence-corrected chi connectivity index (χ0v) is 16.3. The zero-order valence-electron chi connectivity index (χ0n) is 16.3. The largest absolute Gasteiger partial charge is 0.469 e. The van der Waals surface area contributed by atoms with Crippen molar-refractivity contribution >= 4 is 11.9 Å². The molecule has 1 aliphatic rings. The highest BCUT2D eigenvalue weighted by molar-refractivity contribution is 5.94. The van der Waals surface area contributed by atoms with Crippen LogP contribution in [0.5, 0.6) is 0 Å². The van der Waals surface area contributed by atoms with E-state index in [0.29, 0.717) is 18.7 Å². The summed E-state index contributed by atoms with van der Waals surface area (Å²) >= 11 is 0. The first-order valence-corrected chi connectivity index (χ1v) is 9.17. The first-order valence-electron chi connectivity index (χ1n) is 9.17. The molecule has 0 saturated carbocycles. The molecule has 6 heteroatoms. The maximum absolute atomic E-state index is 13.1. The van der Waals surface area contributed by atoms with Crippen molar-refractivity contribution < 1.29 is 19.1 Å². The van der Waals surface area contributed by atoms with E-state index in [0.717, 1.165) is 44.0 Å². The number of carbonyl (C=O) groups is 2. The Hall–Kier alpha value is -1.92. The van der Waals surface area contributed by atoms with Gasteiger partial charge in [0.05, 0.1) is 26.2 Å². The van der Waals surface area contributed by atoms with Crippen LogP contribution in [0.1, 0.15) is 28.4 Å². The zero-order chi connectivity index (χ0) is 19.1. The van der Waals surface area contributed by atoms with E-state index >= 15 is 0 Å². The Bertz CT molecular complexity index is 626. The van der Waals surface area contributed by atoms with Gasteiger partial charge in [-0.3, -0.25) is 14.5 Å². The van der Waals surface area contributed by atoms with Gasteiger partial charge < -0.3 is 14.4 Å². The van der Waals surface area contributed by atoms with Crippen LogP contribution in [0.15, 0.2) is 18.2 Å². The summed E-state index contributed by atoms with van der Waals surface area (Å²) < 4.78 is 10.2. The van der Waals surface area contributed by atoms with Gasteiger partial charge in [-0.2, -0.15) is 0 Å². The minimum absolute atomic E-state index is 0.0443. The number of ether oxygens (including phenoxy) is 2. The van der Waals surface area contributed by atoms with Gasteiger partial charge in [-0.15, -0.1) is 0 Å². The van der Waals surface area contributed by atoms with Crippen molar-refractivity contribution in [2.75, 3.05) is 53.0 Å². The van der Waals surface area contributed by atoms with Gasteiger partial charge in [0.25, 0.3) is 5.91 Å². The lowest BCUT2D eigenvalue weighted by molar-refractivity contribution is -0.145. The first kappa shape index (κ1) is 20.4. The summed E-state index contributed by atoms with van der Waals surface area (Å²) in [4.78, 5) is 28.9. The van der Waals surface area contributed by atoms with Crippen molar-refractivity contribution in [3.05, 3.63) is 34.9 Å². The van der Waals surface area contributed by atoms with Crippen molar-refractivity contribution in [1.82, 2.24) is 9.80 Å². The normalized spacial score (nSPS) is 16.2. The molecule has 26 heavy (non-hydrogen) atoms. The minimum Gasteiger partial charge on any atom is -0.469 e. The van der Waals surface area contributed by atoms with Gasteiger partial charge in [0, 0.05) is 38.3 Å². The lowest BCUT2D eigenvalue weighted by Gasteiger charge is -2.31. The van der Waals surface area contributed by atoms with Crippen LogP contribution in [0, 0.1) is 19.8 Å². The molecule has 1 atom stereocenters. The van der Waals surface area contributed by atoms with Gasteiger partial charge >= 0.3 is 5.97 Å². The van der Waals surface area contributed by atoms with Crippen LogP contribution in [0.2, 0.25) is 0 Å². The average Bonchev–Trinajstić information content (AvgIpc) is 2.66. The lowest BCUT2D eigenvalue weighted by Crippen LogP contribution is -2.45. The van der Waals surface area contributed by atoms with E-state index in [-0.39, 0.29) is 17.8 Å². The van der Waals surface area contributed by atoms with Crippen molar-refractivity contribution in [2.24, 2.45) is 5.92 Å². The van der Waals surface area contributed by atoms with E-state index in [1.165, 1.54) is 7.11 Å². The van der Waals surface area contributed by atoms with Crippen LogP contribution in [-0.4, -0.2) is 74.7 Å². The summed E-state index contributed by atoms with van der Waals surface area (Å²) in [6.07, 6.45) is 0. The molecule has 1 saturated heterocycles. The van der Waals surface area contributed by atoms with E-state index in [2.05, 4.69) is 4.90 Å². The number of morpholine rings is 1. The van der Waals surface area contributed by atoms with Crippen LogP contribution < -0.4 is 0 Å². The van der Waals surface area contributed by atoms with E-state index in [4.69, 9.17) is 9.47 Å². The number of nitrogens with zero attached hydrogens (tertiary/aromatic N) is 2. The fourth-order valence-electron chi connectivity index (χ4n) is 3.03. The smallest absolute Gasteiger partial charge is 0.310 e. The number of amides is 1. The summed E-state index contributed by atoms with van der Waals surface area (Å²) in [5.74, 6) is -0.702. The second-order valence-corrected chi connectivity index (χ2v) is 6.93. The molecule has 1 aromatic rings. The topological polar surface area (TPSA) is 59.1 Å². The monoisotopic (exact) mass is 362 g/mol. The fourth-order valence-corrected chi connectivity index (χ4v) is 3.03. The molecule has 2 rings (SSSR count). The van der Waals surface area contributed by atoms with Crippen molar-refractivity contribution in [3.63, 3.8) is 0 Å². The second kappa shape index (κ2) is 9.69. The van der Waals surface area contributed by atoms with Gasteiger partial charge in [-0.25, -0.2) is 0 Å². The molecular formula is C20H30N2O4. The maximum Gasteiger partial charge on any atom is 0.310 e.